The summed E-state index contributed by atoms with van der Waals surface area (Å²) in [5.74, 6) is 0. The van der Waals surface area contributed by atoms with Crippen molar-refractivity contribution in [3.05, 3.63) is 47.1 Å². The molecule has 1 saturated heterocycles. The lowest BCUT2D eigenvalue weighted by Gasteiger charge is -2.35. The second-order valence-electron chi connectivity index (χ2n) is 5.18. The highest BCUT2D eigenvalue weighted by molar-refractivity contribution is 7.89. The van der Waals surface area contributed by atoms with Crippen molar-refractivity contribution in [1.82, 2.24) is 19.4 Å². The van der Waals surface area contributed by atoms with Gasteiger partial charge in [-0.25, -0.2) is 8.42 Å². The molecule has 3 rings (SSSR count). The minimum atomic E-state index is -3.61. The fourth-order valence-electron chi connectivity index (χ4n) is 2.71. The van der Waals surface area contributed by atoms with E-state index in [1.54, 1.807) is 13.1 Å². The van der Waals surface area contributed by atoms with E-state index < -0.39 is 10.0 Å². The van der Waals surface area contributed by atoms with Gasteiger partial charge in [0.2, 0.25) is 0 Å². The smallest absolute Gasteiger partial charge is 0.260 e. The van der Waals surface area contributed by atoms with Crippen LogP contribution < -0.4 is 5.32 Å². The van der Waals surface area contributed by atoms with Gasteiger partial charge in [0.15, 0.2) is 5.03 Å². The van der Waals surface area contributed by atoms with Gasteiger partial charge in [0.25, 0.3) is 10.0 Å². The number of hydrogen-bond acceptors (Lipinski definition) is 4. The fraction of sp³-hybridized carbons (Fsp3) is 0.357. The van der Waals surface area contributed by atoms with Crippen LogP contribution in [0, 0.1) is 0 Å². The Hall–Kier alpha value is -1.41. The van der Waals surface area contributed by atoms with Gasteiger partial charge in [-0.05, 0) is 23.8 Å². The Labute approximate surface area is 134 Å². The summed E-state index contributed by atoms with van der Waals surface area (Å²) in [6.07, 6.45) is 1.49. The summed E-state index contributed by atoms with van der Waals surface area (Å²) in [4.78, 5) is 0. The van der Waals surface area contributed by atoms with Crippen molar-refractivity contribution >= 4 is 21.6 Å². The first-order valence-electron chi connectivity index (χ1n) is 6.96. The van der Waals surface area contributed by atoms with Crippen LogP contribution in [0.3, 0.4) is 0 Å². The van der Waals surface area contributed by atoms with E-state index in [-0.39, 0.29) is 11.1 Å². The second-order valence-corrected chi connectivity index (χ2v) is 7.46. The number of benzene rings is 1. The SMILES string of the molecule is Cn1nccc1S(=O)(=O)N1CCNCC1c1cccc(Cl)c1. The van der Waals surface area contributed by atoms with Crippen LogP contribution in [0.25, 0.3) is 0 Å². The molecule has 0 saturated carbocycles. The fourth-order valence-corrected chi connectivity index (χ4v) is 4.62. The monoisotopic (exact) mass is 340 g/mol. The summed E-state index contributed by atoms with van der Waals surface area (Å²) in [6, 6.07) is 8.56. The van der Waals surface area contributed by atoms with Crippen LogP contribution in [0.2, 0.25) is 5.02 Å². The summed E-state index contributed by atoms with van der Waals surface area (Å²) in [5, 5.41) is 8.00. The minimum absolute atomic E-state index is 0.196. The number of sulfonamides is 1. The van der Waals surface area contributed by atoms with E-state index in [2.05, 4.69) is 10.4 Å². The lowest BCUT2D eigenvalue weighted by Crippen LogP contribution is -2.48. The number of nitrogens with one attached hydrogen (secondary N) is 1. The summed E-state index contributed by atoms with van der Waals surface area (Å²) in [5.41, 5.74) is 0.880. The molecule has 22 heavy (non-hydrogen) atoms. The molecule has 6 nitrogen and oxygen atoms in total. The van der Waals surface area contributed by atoms with Crippen molar-refractivity contribution in [3.63, 3.8) is 0 Å². The first-order valence-corrected chi connectivity index (χ1v) is 8.78. The molecular weight excluding hydrogens is 324 g/mol. The zero-order chi connectivity index (χ0) is 15.7. The summed E-state index contributed by atoms with van der Waals surface area (Å²) in [7, 11) is -1.98. The maximum atomic E-state index is 12.9. The Bertz CT molecular complexity index is 775. The van der Waals surface area contributed by atoms with Crippen molar-refractivity contribution in [1.29, 1.82) is 0 Å². The lowest BCUT2D eigenvalue weighted by atomic mass is 10.1. The maximum Gasteiger partial charge on any atom is 0.260 e. The maximum absolute atomic E-state index is 12.9. The number of rotatable bonds is 3. The van der Waals surface area contributed by atoms with E-state index in [0.717, 1.165) is 5.56 Å². The molecule has 118 valence electrons. The highest BCUT2D eigenvalue weighted by Crippen LogP contribution is 2.29. The zero-order valence-electron chi connectivity index (χ0n) is 12.1. The van der Waals surface area contributed by atoms with Crippen LogP contribution in [0.1, 0.15) is 11.6 Å². The van der Waals surface area contributed by atoms with Gasteiger partial charge in [-0.1, -0.05) is 23.7 Å². The van der Waals surface area contributed by atoms with E-state index in [1.165, 1.54) is 21.3 Å². The van der Waals surface area contributed by atoms with Crippen LogP contribution in [0.4, 0.5) is 0 Å². The molecule has 8 heteroatoms. The molecule has 1 aliphatic heterocycles. The molecule has 1 aromatic heterocycles. The topological polar surface area (TPSA) is 67.2 Å². The molecule has 1 atom stereocenters. The van der Waals surface area contributed by atoms with Crippen molar-refractivity contribution in [2.45, 2.75) is 11.1 Å². The van der Waals surface area contributed by atoms with Crippen molar-refractivity contribution < 1.29 is 8.42 Å². The van der Waals surface area contributed by atoms with E-state index in [0.29, 0.717) is 24.7 Å². The molecule has 1 unspecified atom stereocenters. The Morgan fingerprint density at radius 3 is 2.86 bits per heavy atom. The highest BCUT2D eigenvalue weighted by atomic mass is 35.5. The Morgan fingerprint density at radius 1 is 1.36 bits per heavy atom. The first-order chi connectivity index (χ1) is 10.5. The number of halogens is 1. The molecule has 1 N–H and O–H groups in total. The van der Waals surface area contributed by atoms with Crippen LogP contribution >= 0.6 is 11.6 Å². The largest absolute Gasteiger partial charge is 0.313 e. The molecular formula is C14H17ClN4O2S. The highest BCUT2D eigenvalue weighted by Gasteiger charge is 2.35. The third kappa shape index (κ3) is 2.77. The van der Waals surface area contributed by atoms with Gasteiger partial charge in [0.05, 0.1) is 12.2 Å². The number of piperazine rings is 1. The van der Waals surface area contributed by atoms with Gasteiger partial charge in [0, 0.05) is 31.7 Å². The Balaban J connectivity index is 2.02. The second kappa shape index (κ2) is 6.00. The van der Waals surface area contributed by atoms with Crippen LogP contribution in [-0.2, 0) is 17.1 Å². The molecule has 1 aromatic carbocycles. The Kier molecular flexibility index (Phi) is 4.22. The van der Waals surface area contributed by atoms with E-state index in [1.807, 2.05) is 18.2 Å². The van der Waals surface area contributed by atoms with Crippen molar-refractivity contribution in [3.8, 4) is 0 Å². The van der Waals surface area contributed by atoms with Gasteiger partial charge < -0.3 is 5.32 Å². The molecule has 0 bridgehead atoms. The zero-order valence-corrected chi connectivity index (χ0v) is 13.7. The number of hydrogen-bond donors (Lipinski definition) is 1. The summed E-state index contributed by atoms with van der Waals surface area (Å²) >= 11 is 6.05. The van der Waals surface area contributed by atoms with Crippen LogP contribution in [0.15, 0.2) is 41.6 Å². The van der Waals surface area contributed by atoms with E-state index >= 15 is 0 Å². The van der Waals surface area contributed by atoms with E-state index in [4.69, 9.17) is 11.6 Å². The molecule has 0 aliphatic carbocycles. The molecule has 1 aliphatic rings. The molecule has 2 heterocycles. The molecule has 1 fully saturated rings. The number of aryl methyl sites for hydroxylation is 1. The van der Waals surface area contributed by atoms with Gasteiger partial charge >= 0.3 is 0 Å². The standard InChI is InChI=1S/C14H17ClN4O2S/c1-18-14(5-6-17-18)22(20,21)19-8-7-16-10-13(19)11-3-2-4-12(15)9-11/h2-6,9,13,16H,7-8,10H2,1H3. The van der Waals surface area contributed by atoms with Gasteiger partial charge in [-0.2, -0.15) is 9.40 Å². The number of aromatic nitrogens is 2. The minimum Gasteiger partial charge on any atom is -0.313 e. The average Bonchev–Trinajstić information content (AvgIpc) is 2.94. The molecule has 2 aromatic rings. The molecule has 0 radical (unpaired) electrons. The summed E-state index contributed by atoms with van der Waals surface area (Å²) in [6.45, 7) is 1.58. The predicted molar refractivity (Wildman–Crippen MR) is 84.2 cm³/mol. The van der Waals surface area contributed by atoms with Crippen molar-refractivity contribution in [2.24, 2.45) is 7.05 Å². The van der Waals surface area contributed by atoms with Crippen molar-refractivity contribution in [2.75, 3.05) is 19.6 Å². The quantitative estimate of drug-likeness (QED) is 0.917. The van der Waals surface area contributed by atoms with Crippen LogP contribution in [-0.4, -0.2) is 42.1 Å². The van der Waals surface area contributed by atoms with Gasteiger partial charge in [-0.15, -0.1) is 0 Å². The number of nitrogens with zero attached hydrogens (tertiary/aromatic N) is 3. The van der Waals surface area contributed by atoms with Gasteiger partial charge in [0.1, 0.15) is 0 Å². The average molecular weight is 341 g/mol. The lowest BCUT2D eigenvalue weighted by molar-refractivity contribution is 0.270. The third-order valence-electron chi connectivity index (χ3n) is 3.78. The normalized spacial score (nSPS) is 20.2. The predicted octanol–water partition coefficient (Wildman–Crippen LogP) is 1.41. The first kappa shape index (κ1) is 15.5. The molecule has 0 amide bonds. The van der Waals surface area contributed by atoms with E-state index in [9.17, 15) is 8.42 Å². The summed E-state index contributed by atoms with van der Waals surface area (Å²) < 4.78 is 28.8. The Morgan fingerprint density at radius 2 is 2.18 bits per heavy atom. The van der Waals surface area contributed by atoms with Gasteiger partial charge in [-0.3, -0.25) is 4.68 Å². The molecule has 0 spiro atoms. The third-order valence-corrected chi connectivity index (χ3v) is 6.00. The van der Waals surface area contributed by atoms with Crippen LogP contribution in [0.5, 0.6) is 0 Å².